The highest BCUT2D eigenvalue weighted by Gasteiger charge is 2.57. The van der Waals surface area contributed by atoms with Crippen LogP contribution < -0.4 is 0 Å². The van der Waals surface area contributed by atoms with Crippen LogP contribution in [-0.4, -0.2) is 19.7 Å². The summed E-state index contributed by atoms with van der Waals surface area (Å²) in [5.74, 6) is 1.50. The quantitative estimate of drug-likeness (QED) is 0.404. The van der Waals surface area contributed by atoms with Gasteiger partial charge in [-0.2, -0.15) is 0 Å². The Morgan fingerprint density at radius 2 is 1.52 bits per heavy atom. The van der Waals surface area contributed by atoms with Crippen molar-refractivity contribution in [3.63, 3.8) is 0 Å². The first-order valence-corrected chi connectivity index (χ1v) is 9.09. The SMILES string of the molecule is O=[N+]([O-])c1ccc(-n2c(O)c3c(c2O)C2C=CC3[C@H]3C[C@@H]23)c2ccccc12. The number of allylic oxidation sites excluding steroid dienone is 2. The molecule has 6 heteroatoms. The number of aromatic hydroxyl groups is 2. The highest BCUT2D eigenvalue weighted by molar-refractivity contribution is 5.97. The Morgan fingerprint density at radius 1 is 0.926 bits per heavy atom. The van der Waals surface area contributed by atoms with Gasteiger partial charge in [-0.1, -0.05) is 30.4 Å². The number of hydrogen-bond acceptors (Lipinski definition) is 4. The molecule has 0 aliphatic heterocycles. The van der Waals surface area contributed by atoms with Crippen LogP contribution in [0.15, 0.2) is 48.6 Å². The van der Waals surface area contributed by atoms with Crippen LogP contribution in [0.3, 0.4) is 0 Å². The zero-order valence-electron chi connectivity index (χ0n) is 14.2. The molecule has 4 atom stereocenters. The molecular weight excluding hydrogens is 344 g/mol. The zero-order valence-corrected chi connectivity index (χ0v) is 14.2. The molecule has 0 saturated heterocycles. The third-order valence-corrected chi connectivity index (χ3v) is 6.52. The van der Waals surface area contributed by atoms with E-state index in [-0.39, 0.29) is 29.3 Å². The lowest BCUT2D eigenvalue weighted by molar-refractivity contribution is -0.383. The largest absolute Gasteiger partial charge is 0.494 e. The van der Waals surface area contributed by atoms with Gasteiger partial charge in [-0.3, -0.25) is 14.7 Å². The summed E-state index contributed by atoms with van der Waals surface area (Å²) in [7, 11) is 0. The molecule has 2 aromatic carbocycles. The molecule has 27 heavy (non-hydrogen) atoms. The van der Waals surface area contributed by atoms with E-state index < -0.39 is 4.92 Å². The lowest BCUT2D eigenvalue weighted by atomic mass is 9.73. The summed E-state index contributed by atoms with van der Waals surface area (Å²) in [6.45, 7) is 0. The maximum absolute atomic E-state index is 11.4. The van der Waals surface area contributed by atoms with Crippen molar-refractivity contribution in [3.05, 3.63) is 69.8 Å². The lowest BCUT2D eigenvalue weighted by Gasteiger charge is -2.30. The Morgan fingerprint density at radius 3 is 2.11 bits per heavy atom. The summed E-state index contributed by atoms with van der Waals surface area (Å²) in [5.41, 5.74) is 2.20. The van der Waals surface area contributed by atoms with Crippen LogP contribution in [0.25, 0.3) is 16.5 Å². The molecule has 7 rings (SSSR count). The van der Waals surface area contributed by atoms with Gasteiger partial charge in [0.25, 0.3) is 5.69 Å². The standard InChI is InChI=1S/C21H16N2O4/c24-20-18-12-5-6-13(15-9-14(12)15)19(18)21(25)22(20)16-7-8-17(23(26)27)11-4-2-1-3-10(11)16/h1-8,12-15,24-25H,9H2/t12?,13?,14-,15+. The summed E-state index contributed by atoms with van der Waals surface area (Å²) in [6.07, 6.45) is 5.44. The minimum absolute atomic E-state index is 0.00762. The van der Waals surface area contributed by atoms with E-state index in [0.717, 1.165) is 17.5 Å². The fourth-order valence-corrected chi connectivity index (χ4v) is 5.30. The van der Waals surface area contributed by atoms with Crippen molar-refractivity contribution in [1.29, 1.82) is 0 Å². The Bertz CT molecular complexity index is 1150. The van der Waals surface area contributed by atoms with Gasteiger partial charge in [-0.15, -0.1) is 0 Å². The predicted octanol–water partition coefficient (Wildman–Crippen LogP) is 4.34. The van der Waals surface area contributed by atoms with Gasteiger partial charge in [0, 0.05) is 34.4 Å². The van der Waals surface area contributed by atoms with E-state index in [1.165, 1.54) is 10.6 Å². The first-order valence-electron chi connectivity index (χ1n) is 9.09. The van der Waals surface area contributed by atoms with E-state index >= 15 is 0 Å². The van der Waals surface area contributed by atoms with Crippen LogP contribution in [0.5, 0.6) is 11.8 Å². The van der Waals surface area contributed by atoms with E-state index in [1.807, 2.05) is 0 Å². The van der Waals surface area contributed by atoms with Gasteiger partial charge >= 0.3 is 0 Å². The summed E-state index contributed by atoms with van der Waals surface area (Å²) in [4.78, 5) is 11.0. The molecule has 2 N–H and O–H groups in total. The molecule has 2 bridgehead atoms. The third kappa shape index (κ3) is 1.70. The summed E-state index contributed by atoms with van der Waals surface area (Å²) < 4.78 is 1.45. The normalized spacial score (nSPS) is 26.8. The fourth-order valence-electron chi connectivity index (χ4n) is 5.30. The number of nitrogens with zero attached hydrogens (tertiary/aromatic N) is 2. The molecule has 4 aliphatic rings. The van der Waals surface area contributed by atoms with Crippen molar-refractivity contribution in [2.75, 3.05) is 0 Å². The van der Waals surface area contributed by atoms with E-state index in [0.29, 0.717) is 28.3 Å². The van der Waals surface area contributed by atoms with Gasteiger partial charge < -0.3 is 10.2 Å². The molecule has 0 spiro atoms. The molecule has 2 unspecified atom stereocenters. The molecule has 0 amide bonds. The minimum atomic E-state index is -0.413. The van der Waals surface area contributed by atoms with Gasteiger partial charge in [0.1, 0.15) is 0 Å². The molecule has 4 aliphatic carbocycles. The molecule has 6 nitrogen and oxygen atoms in total. The number of hydrogen-bond donors (Lipinski definition) is 2. The van der Waals surface area contributed by atoms with Gasteiger partial charge in [-0.25, -0.2) is 0 Å². The molecule has 1 heterocycles. The fraction of sp³-hybridized carbons (Fsp3) is 0.238. The van der Waals surface area contributed by atoms with Crippen LogP contribution >= 0.6 is 0 Å². The van der Waals surface area contributed by atoms with Crippen LogP contribution in [0.1, 0.15) is 29.4 Å². The van der Waals surface area contributed by atoms with Crippen LogP contribution in [0.2, 0.25) is 0 Å². The van der Waals surface area contributed by atoms with Gasteiger partial charge in [0.2, 0.25) is 11.8 Å². The molecule has 3 aromatic rings. The summed E-state index contributed by atoms with van der Waals surface area (Å²) >= 11 is 0. The Hall–Kier alpha value is -3.28. The second-order valence-electron chi connectivity index (χ2n) is 7.72. The number of non-ortho nitro benzene ring substituents is 1. The van der Waals surface area contributed by atoms with Crippen LogP contribution in [0.4, 0.5) is 5.69 Å². The number of aromatic nitrogens is 1. The van der Waals surface area contributed by atoms with Crippen molar-refractivity contribution in [1.82, 2.24) is 4.57 Å². The maximum Gasteiger partial charge on any atom is 0.277 e. The van der Waals surface area contributed by atoms with Crippen molar-refractivity contribution in [3.8, 4) is 17.4 Å². The average molecular weight is 360 g/mol. The van der Waals surface area contributed by atoms with Crippen molar-refractivity contribution in [2.45, 2.75) is 18.3 Å². The van der Waals surface area contributed by atoms with Crippen molar-refractivity contribution in [2.24, 2.45) is 11.8 Å². The first kappa shape index (κ1) is 14.8. The van der Waals surface area contributed by atoms with E-state index in [1.54, 1.807) is 30.3 Å². The Kier molecular flexibility index (Phi) is 2.59. The topological polar surface area (TPSA) is 88.5 Å². The van der Waals surface area contributed by atoms with Gasteiger partial charge in [-0.05, 0) is 30.4 Å². The Balaban J connectivity index is 1.65. The first-order chi connectivity index (χ1) is 13.1. The monoisotopic (exact) mass is 360 g/mol. The predicted molar refractivity (Wildman–Crippen MR) is 99.5 cm³/mol. The lowest BCUT2D eigenvalue weighted by Crippen LogP contribution is -2.18. The number of fused-ring (bicyclic) bond motifs is 1. The van der Waals surface area contributed by atoms with Crippen LogP contribution in [-0.2, 0) is 0 Å². The van der Waals surface area contributed by atoms with Crippen molar-refractivity contribution < 1.29 is 15.1 Å². The van der Waals surface area contributed by atoms with Crippen LogP contribution in [0, 0.1) is 22.0 Å². The molecule has 134 valence electrons. The number of nitro groups is 1. The van der Waals surface area contributed by atoms with E-state index in [4.69, 9.17) is 0 Å². The molecule has 1 saturated carbocycles. The second-order valence-corrected chi connectivity index (χ2v) is 7.72. The second kappa shape index (κ2) is 4.71. The molecule has 0 radical (unpaired) electrons. The van der Waals surface area contributed by atoms with Gasteiger partial charge in [0.15, 0.2) is 0 Å². The summed E-state index contributed by atoms with van der Waals surface area (Å²) in [6, 6.07) is 10.0. The van der Waals surface area contributed by atoms with E-state index in [2.05, 4.69) is 12.2 Å². The highest BCUT2D eigenvalue weighted by Crippen LogP contribution is 2.68. The Labute approximate surface area is 154 Å². The molecule has 1 aromatic heterocycles. The zero-order chi connectivity index (χ0) is 18.4. The van der Waals surface area contributed by atoms with Crippen molar-refractivity contribution >= 4 is 16.5 Å². The van der Waals surface area contributed by atoms with E-state index in [9.17, 15) is 20.3 Å². The number of rotatable bonds is 2. The van der Waals surface area contributed by atoms with Gasteiger partial charge in [0.05, 0.1) is 16.0 Å². The summed E-state index contributed by atoms with van der Waals surface area (Å²) in [5, 5.41) is 34.6. The molecule has 1 fully saturated rings. The molecular formula is C21H16N2O4. The maximum atomic E-state index is 11.4. The number of benzene rings is 2. The smallest absolute Gasteiger partial charge is 0.277 e. The number of nitro benzene ring substituents is 1. The third-order valence-electron chi connectivity index (χ3n) is 6.52. The highest BCUT2D eigenvalue weighted by atomic mass is 16.6. The average Bonchev–Trinajstić information content (AvgIpc) is 3.45. The minimum Gasteiger partial charge on any atom is -0.494 e.